The highest BCUT2D eigenvalue weighted by Gasteiger charge is 2.35. The lowest BCUT2D eigenvalue weighted by atomic mass is 9.98. The molecule has 20 rings (SSSR count). The molecule has 0 N–H and O–H groups in total. The molecule has 0 fully saturated rings. The van der Waals surface area contributed by atoms with E-state index in [1.807, 2.05) is 78.9 Å². The van der Waals surface area contributed by atoms with Gasteiger partial charge in [-0.1, -0.05) is 194 Å². The molecular weight excluding hydrogens is 1270 g/mol. The maximum atomic E-state index is 15.9. The molecular formula is C90H62F3N7O2. The average molecular weight is 1330 g/mol. The van der Waals surface area contributed by atoms with Gasteiger partial charge in [0.25, 0.3) is 0 Å². The maximum Gasteiger partial charge on any atom is 0.416 e. The third-order valence-corrected chi connectivity index (χ3v) is 20.9. The van der Waals surface area contributed by atoms with E-state index in [2.05, 4.69) is 234 Å². The number of rotatable bonds is 15. The van der Waals surface area contributed by atoms with Crippen LogP contribution in [0, 0.1) is 0 Å². The summed E-state index contributed by atoms with van der Waals surface area (Å²) >= 11 is 0. The van der Waals surface area contributed by atoms with Crippen molar-refractivity contribution in [3.63, 3.8) is 0 Å². The monoisotopic (exact) mass is 1330 g/mol. The minimum Gasteiger partial charge on any atom is -0.494 e. The van der Waals surface area contributed by atoms with Gasteiger partial charge in [-0.25, -0.2) is 4.98 Å². The number of pyridine rings is 1. The summed E-state index contributed by atoms with van der Waals surface area (Å²) in [7, 11) is 0. The number of aromatic nitrogens is 7. The first-order valence-electron chi connectivity index (χ1n) is 34.8. The molecule has 13 aromatic carbocycles. The number of aryl methyl sites for hydroxylation is 2. The third-order valence-electron chi connectivity index (χ3n) is 20.9. The van der Waals surface area contributed by atoms with Gasteiger partial charge in [0.1, 0.15) is 22.9 Å². The number of benzene rings is 13. The number of halogens is 3. The Morgan fingerprint density at radius 2 is 0.559 bits per heavy atom. The number of hydrogen-bond donors (Lipinski definition) is 0. The molecule has 0 amide bonds. The van der Waals surface area contributed by atoms with E-state index in [0.29, 0.717) is 58.9 Å². The van der Waals surface area contributed by atoms with Crippen LogP contribution in [0.5, 0.6) is 11.5 Å². The summed E-state index contributed by atoms with van der Waals surface area (Å²) in [6.45, 7) is 2.46. The highest BCUT2D eigenvalue weighted by molar-refractivity contribution is 6.17. The van der Waals surface area contributed by atoms with E-state index >= 15 is 13.2 Å². The first-order chi connectivity index (χ1) is 50.3. The molecule has 102 heavy (non-hydrogen) atoms. The van der Waals surface area contributed by atoms with Crippen LogP contribution in [0.1, 0.15) is 18.4 Å². The standard InChI is InChI=1S/C90H62F3N7O2/c91-90(92,93)58-25-21-24-57(54-58)85-86(97-77-40-15-5-30-65(77)66-31-6-16-41-78(66)97)88(99-81-44-19-9-34-69(81)71-55-59(46-48-83(71)99)101-52-22-50-95-73-36-11-1-26-61(73)62-27-2-12-37-74(62)95)94-89(87(85)98-79-42-17-7-32-67(79)68-33-8-18-43-80(68)98)100-82-45-20-10-35-70(82)72-56-60(47-49-84(72)100)102-53-23-51-96-75-38-13-3-28-63(75)64-29-4-14-39-76(64)96/h1-21,24-49,54-56H,22-23,50-53H2. The zero-order chi connectivity index (χ0) is 67.7. The summed E-state index contributed by atoms with van der Waals surface area (Å²) in [5.74, 6) is 2.42. The first-order valence-corrected chi connectivity index (χ1v) is 34.8. The summed E-state index contributed by atoms with van der Waals surface area (Å²) in [6, 6.07) is 103. The largest absolute Gasteiger partial charge is 0.494 e. The second-order valence-corrected chi connectivity index (χ2v) is 26.5. The van der Waals surface area contributed by atoms with E-state index < -0.39 is 11.7 Å². The molecule has 0 radical (unpaired) electrons. The summed E-state index contributed by atoms with van der Waals surface area (Å²) < 4.78 is 75.1. The van der Waals surface area contributed by atoms with Crippen molar-refractivity contribution in [1.29, 1.82) is 0 Å². The second kappa shape index (κ2) is 23.4. The van der Waals surface area contributed by atoms with E-state index in [0.717, 1.165) is 113 Å². The molecule has 7 heterocycles. The van der Waals surface area contributed by atoms with Gasteiger partial charge in [-0.05, 0) is 128 Å². The minimum atomic E-state index is -4.70. The van der Waals surface area contributed by atoms with E-state index in [1.54, 1.807) is 6.07 Å². The fraction of sp³-hybridized carbons (Fsp3) is 0.0778. The molecule has 12 heteroatoms. The number of fused-ring (bicyclic) bond motifs is 18. The van der Waals surface area contributed by atoms with E-state index in [9.17, 15) is 0 Å². The molecule has 0 aliphatic carbocycles. The molecule has 490 valence electrons. The van der Waals surface area contributed by atoms with Crippen molar-refractivity contribution in [1.82, 2.24) is 32.4 Å². The molecule has 20 aromatic rings. The number of alkyl halides is 3. The maximum absolute atomic E-state index is 15.9. The van der Waals surface area contributed by atoms with Gasteiger partial charge in [-0.15, -0.1) is 0 Å². The number of ether oxygens (including phenoxy) is 2. The summed E-state index contributed by atoms with van der Waals surface area (Å²) in [6.07, 6.45) is -3.19. The molecule has 9 nitrogen and oxygen atoms in total. The lowest BCUT2D eigenvalue weighted by molar-refractivity contribution is -0.137. The molecule has 0 aliphatic rings. The normalized spacial score (nSPS) is 12.3. The Bertz CT molecular complexity index is 6210. The summed E-state index contributed by atoms with van der Waals surface area (Å²) in [5.41, 5.74) is 12.8. The molecule has 0 bridgehead atoms. The van der Waals surface area contributed by atoms with Crippen LogP contribution in [0.3, 0.4) is 0 Å². The predicted molar refractivity (Wildman–Crippen MR) is 411 cm³/mol. The van der Waals surface area contributed by atoms with E-state index in [-0.39, 0.29) is 0 Å². The third kappa shape index (κ3) is 9.21. The Labute approximate surface area is 582 Å². The van der Waals surface area contributed by atoms with Crippen LogP contribution in [-0.2, 0) is 19.3 Å². The second-order valence-electron chi connectivity index (χ2n) is 26.5. The van der Waals surface area contributed by atoms with Gasteiger partial charge in [0.05, 0.1) is 62.9 Å². The Kier molecular flexibility index (Phi) is 13.6. The van der Waals surface area contributed by atoms with Crippen LogP contribution in [0.25, 0.3) is 165 Å². The van der Waals surface area contributed by atoms with Crippen LogP contribution in [0.15, 0.2) is 303 Å². The number of para-hydroxylation sites is 10. The van der Waals surface area contributed by atoms with Crippen LogP contribution < -0.4 is 9.47 Å². The van der Waals surface area contributed by atoms with Gasteiger partial charge in [0, 0.05) is 105 Å². The summed E-state index contributed by atoms with van der Waals surface area (Å²) in [5, 5.41) is 12.6. The average Bonchev–Trinajstić information content (AvgIpc) is 1.48. The van der Waals surface area contributed by atoms with Crippen LogP contribution in [-0.4, -0.2) is 45.6 Å². The van der Waals surface area contributed by atoms with Gasteiger partial charge >= 0.3 is 6.18 Å². The van der Waals surface area contributed by atoms with Crippen molar-refractivity contribution in [3.8, 4) is 45.6 Å². The lowest BCUT2D eigenvalue weighted by Gasteiger charge is -2.27. The van der Waals surface area contributed by atoms with Crippen molar-refractivity contribution in [3.05, 3.63) is 309 Å². The molecule has 0 aliphatic heterocycles. The van der Waals surface area contributed by atoms with Crippen LogP contribution >= 0.6 is 0 Å². The minimum absolute atomic E-state index is 0.346. The van der Waals surface area contributed by atoms with Gasteiger partial charge in [0.15, 0.2) is 11.6 Å². The Balaban J connectivity index is 0.844. The smallest absolute Gasteiger partial charge is 0.416 e. The Hall–Kier alpha value is -12.8. The fourth-order valence-corrected chi connectivity index (χ4v) is 16.6. The fourth-order valence-electron chi connectivity index (χ4n) is 16.6. The molecule has 0 spiro atoms. The zero-order valence-corrected chi connectivity index (χ0v) is 55.2. The van der Waals surface area contributed by atoms with Crippen LogP contribution in [0.4, 0.5) is 13.2 Å². The van der Waals surface area contributed by atoms with Gasteiger partial charge < -0.3 is 27.7 Å². The van der Waals surface area contributed by atoms with Crippen molar-refractivity contribution in [2.24, 2.45) is 0 Å². The van der Waals surface area contributed by atoms with Gasteiger partial charge in [0.2, 0.25) is 0 Å². The van der Waals surface area contributed by atoms with Gasteiger partial charge in [-0.3, -0.25) is 9.13 Å². The number of nitrogens with zero attached hydrogens (tertiary/aromatic N) is 7. The SMILES string of the molecule is FC(F)(F)c1cccc(-c2c(-n3c4ccccc4c4ccccc43)c(-n3c4ccccc4c4cc(OCCCn5c6ccccc6c6ccccc65)ccc43)nc(-n3c4ccccc4c4cc(OCCCn5c6ccccc6c6ccccc65)ccc43)c2-n2c3ccccc3c3ccccc32)c1. The Morgan fingerprint density at radius 1 is 0.275 bits per heavy atom. The van der Waals surface area contributed by atoms with Crippen molar-refractivity contribution in [2.75, 3.05) is 13.2 Å². The lowest BCUT2D eigenvalue weighted by Crippen LogP contribution is -2.16. The van der Waals surface area contributed by atoms with E-state index in [4.69, 9.17) is 14.5 Å². The molecule has 0 unspecified atom stereocenters. The topological polar surface area (TPSA) is 60.9 Å². The van der Waals surface area contributed by atoms with E-state index in [1.165, 1.54) is 55.7 Å². The van der Waals surface area contributed by atoms with Crippen molar-refractivity contribution >= 4 is 131 Å². The van der Waals surface area contributed by atoms with Crippen molar-refractivity contribution in [2.45, 2.75) is 32.1 Å². The molecule has 7 aromatic heterocycles. The predicted octanol–water partition coefficient (Wildman–Crippen LogP) is 23.3. The summed E-state index contributed by atoms with van der Waals surface area (Å²) in [4.78, 5) is 6.35. The van der Waals surface area contributed by atoms with Gasteiger partial charge in [-0.2, -0.15) is 13.2 Å². The first kappa shape index (κ1) is 59.3. The Morgan fingerprint density at radius 3 is 0.892 bits per heavy atom. The molecule has 0 saturated heterocycles. The zero-order valence-electron chi connectivity index (χ0n) is 55.2. The highest BCUT2D eigenvalue weighted by atomic mass is 19.4. The highest BCUT2D eigenvalue weighted by Crippen LogP contribution is 2.50. The molecule has 0 saturated carbocycles. The molecule has 0 atom stereocenters. The van der Waals surface area contributed by atoms with Crippen molar-refractivity contribution < 1.29 is 22.6 Å². The number of hydrogen-bond acceptors (Lipinski definition) is 3. The van der Waals surface area contributed by atoms with Crippen LogP contribution in [0.2, 0.25) is 0 Å². The quantitative estimate of drug-likeness (QED) is 0.0961.